The van der Waals surface area contributed by atoms with Gasteiger partial charge in [0.2, 0.25) is 0 Å². The standard InChI is InChI=1S/C17H19ClN4O/c1-12-5-7-22(8-6-12)16-10-15(19-11-20-16)17(23)21-14-4-2-3-13(18)9-14/h2-4,9-12H,5-8H2,1H3,(H,21,23). The maximum atomic E-state index is 12.3. The first kappa shape index (κ1) is 15.7. The molecule has 1 aliphatic heterocycles. The molecule has 120 valence electrons. The molecule has 0 radical (unpaired) electrons. The first-order valence-corrected chi connectivity index (χ1v) is 8.13. The molecule has 23 heavy (non-hydrogen) atoms. The molecule has 1 aromatic heterocycles. The second-order valence-electron chi connectivity index (χ2n) is 5.90. The first-order chi connectivity index (χ1) is 11.1. The number of hydrogen-bond acceptors (Lipinski definition) is 4. The summed E-state index contributed by atoms with van der Waals surface area (Å²) < 4.78 is 0. The number of halogens is 1. The van der Waals surface area contributed by atoms with E-state index in [2.05, 4.69) is 27.1 Å². The van der Waals surface area contributed by atoms with Crippen LogP contribution in [-0.2, 0) is 0 Å². The third-order valence-corrected chi connectivity index (χ3v) is 4.31. The lowest BCUT2D eigenvalue weighted by molar-refractivity contribution is 0.102. The molecule has 0 spiro atoms. The van der Waals surface area contributed by atoms with Crippen molar-refractivity contribution < 1.29 is 4.79 Å². The lowest BCUT2D eigenvalue weighted by Crippen LogP contribution is -2.33. The molecule has 2 aromatic rings. The number of amides is 1. The molecule has 1 saturated heterocycles. The van der Waals surface area contributed by atoms with Crippen LogP contribution in [0.4, 0.5) is 11.5 Å². The van der Waals surface area contributed by atoms with E-state index in [4.69, 9.17) is 11.6 Å². The van der Waals surface area contributed by atoms with E-state index < -0.39 is 0 Å². The molecule has 5 nitrogen and oxygen atoms in total. The summed E-state index contributed by atoms with van der Waals surface area (Å²) in [6, 6.07) is 8.79. The number of rotatable bonds is 3. The van der Waals surface area contributed by atoms with E-state index in [1.54, 1.807) is 30.3 Å². The zero-order chi connectivity index (χ0) is 16.2. The molecule has 0 saturated carbocycles. The van der Waals surface area contributed by atoms with Gasteiger partial charge in [0.1, 0.15) is 17.8 Å². The van der Waals surface area contributed by atoms with Crippen molar-refractivity contribution in [1.29, 1.82) is 0 Å². The van der Waals surface area contributed by atoms with Crippen LogP contribution >= 0.6 is 11.6 Å². The summed E-state index contributed by atoms with van der Waals surface area (Å²) in [5.41, 5.74) is 1.00. The maximum absolute atomic E-state index is 12.3. The number of aromatic nitrogens is 2. The average molecular weight is 331 g/mol. The molecule has 1 aliphatic rings. The average Bonchev–Trinajstić information content (AvgIpc) is 2.56. The summed E-state index contributed by atoms with van der Waals surface area (Å²) >= 11 is 5.93. The highest BCUT2D eigenvalue weighted by atomic mass is 35.5. The third-order valence-electron chi connectivity index (χ3n) is 4.08. The fraction of sp³-hybridized carbons (Fsp3) is 0.353. The van der Waals surface area contributed by atoms with E-state index in [1.807, 2.05) is 0 Å². The molecule has 1 aromatic carbocycles. The molecular weight excluding hydrogens is 312 g/mol. The fourth-order valence-electron chi connectivity index (χ4n) is 2.64. The second kappa shape index (κ2) is 6.96. The van der Waals surface area contributed by atoms with Crippen molar-refractivity contribution in [3.05, 3.63) is 47.4 Å². The van der Waals surface area contributed by atoms with Gasteiger partial charge in [0.15, 0.2) is 0 Å². The van der Waals surface area contributed by atoms with Crippen LogP contribution in [0, 0.1) is 5.92 Å². The lowest BCUT2D eigenvalue weighted by atomic mass is 9.99. The highest BCUT2D eigenvalue weighted by Gasteiger charge is 2.18. The number of nitrogens with zero attached hydrogens (tertiary/aromatic N) is 3. The Balaban J connectivity index is 1.72. The fourth-order valence-corrected chi connectivity index (χ4v) is 2.83. The third kappa shape index (κ3) is 3.99. The molecular formula is C17H19ClN4O. The Morgan fingerprint density at radius 1 is 1.26 bits per heavy atom. The summed E-state index contributed by atoms with van der Waals surface area (Å²) in [5.74, 6) is 1.29. The number of piperidine rings is 1. The van der Waals surface area contributed by atoms with Gasteiger partial charge in [-0.15, -0.1) is 0 Å². The minimum Gasteiger partial charge on any atom is -0.356 e. The predicted octanol–water partition coefficient (Wildman–Crippen LogP) is 3.62. The highest BCUT2D eigenvalue weighted by Crippen LogP contribution is 2.22. The zero-order valence-electron chi connectivity index (χ0n) is 13.0. The quantitative estimate of drug-likeness (QED) is 0.933. The molecule has 6 heteroatoms. The summed E-state index contributed by atoms with van der Waals surface area (Å²) in [5, 5.41) is 3.38. The van der Waals surface area contributed by atoms with E-state index in [0.717, 1.165) is 37.7 Å². The predicted molar refractivity (Wildman–Crippen MR) is 92.0 cm³/mol. The molecule has 0 unspecified atom stereocenters. The van der Waals surface area contributed by atoms with Gasteiger partial charge < -0.3 is 10.2 Å². The Morgan fingerprint density at radius 2 is 2.04 bits per heavy atom. The van der Waals surface area contributed by atoms with E-state index in [-0.39, 0.29) is 5.91 Å². The normalized spacial score (nSPS) is 15.5. The molecule has 0 bridgehead atoms. The van der Waals surface area contributed by atoms with Gasteiger partial charge in [0, 0.05) is 29.9 Å². The summed E-state index contributed by atoms with van der Waals surface area (Å²) in [4.78, 5) is 22.9. The van der Waals surface area contributed by atoms with Crippen LogP contribution in [0.1, 0.15) is 30.3 Å². The van der Waals surface area contributed by atoms with Crippen LogP contribution < -0.4 is 10.2 Å². The largest absolute Gasteiger partial charge is 0.356 e. The molecule has 2 heterocycles. The van der Waals surface area contributed by atoms with E-state index in [0.29, 0.717) is 16.4 Å². The van der Waals surface area contributed by atoms with Gasteiger partial charge in [0.25, 0.3) is 5.91 Å². The summed E-state index contributed by atoms with van der Waals surface area (Å²) in [6.07, 6.45) is 3.74. The second-order valence-corrected chi connectivity index (χ2v) is 6.33. The Bertz CT molecular complexity index is 698. The van der Waals surface area contributed by atoms with Gasteiger partial charge in [0.05, 0.1) is 0 Å². The molecule has 1 N–H and O–H groups in total. The number of hydrogen-bond donors (Lipinski definition) is 1. The van der Waals surface area contributed by atoms with Crippen LogP contribution in [0.15, 0.2) is 36.7 Å². The highest BCUT2D eigenvalue weighted by molar-refractivity contribution is 6.30. The van der Waals surface area contributed by atoms with Crippen LogP contribution in [-0.4, -0.2) is 29.0 Å². The smallest absolute Gasteiger partial charge is 0.274 e. The van der Waals surface area contributed by atoms with Gasteiger partial charge in [-0.2, -0.15) is 0 Å². The summed E-state index contributed by atoms with van der Waals surface area (Å²) in [7, 11) is 0. The number of benzene rings is 1. The van der Waals surface area contributed by atoms with Crippen molar-refractivity contribution >= 4 is 29.0 Å². The SMILES string of the molecule is CC1CCN(c2cc(C(=O)Nc3cccc(Cl)c3)ncn2)CC1. The molecule has 1 fully saturated rings. The van der Waals surface area contributed by atoms with Gasteiger partial charge in [-0.05, 0) is 37.0 Å². The van der Waals surface area contributed by atoms with Crippen molar-refractivity contribution in [2.75, 3.05) is 23.3 Å². The molecule has 0 aliphatic carbocycles. The van der Waals surface area contributed by atoms with Crippen molar-refractivity contribution in [2.24, 2.45) is 5.92 Å². The van der Waals surface area contributed by atoms with Gasteiger partial charge in [-0.3, -0.25) is 4.79 Å². The Hall–Kier alpha value is -2.14. The minimum atomic E-state index is -0.263. The zero-order valence-corrected chi connectivity index (χ0v) is 13.8. The minimum absolute atomic E-state index is 0.263. The van der Waals surface area contributed by atoms with Gasteiger partial charge in [-0.25, -0.2) is 9.97 Å². The maximum Gasteiger partial charge on any atom is 0.274 e. The summed E-state index contributed by atoms with van der Waals surface area (Å²) in [6.45, 7) is 4.20. The molecule has 0 atom stereocenters. The van der Waals surface area contributed by atoms with Gasteiger partial charge in [-0.1, -0.05) is 24.6 Å². The van der Waals surface area contributed by atoms with Crippen LogP contribution in [0.5, 0.6) is 0 Å². The lowest BCUT2D eigenvalue weighted by Gasteiger charge is -2.31. The topological polar surface area (TPSA) is 58.1 Å². The number of nitrogens with one attached hydrogen (secondary N) is 1. The van der Waals surface area contributed by atoms with Gasteiger partial charge >= 0.3 is 0 Å². The Kier molecular flexibility index (Phi) is 4.76. The van der Waals surface area contributed by atoms with E-state index in [1.165, 1.54) is 6.33 Å². The van der Waals surface area contributed by atoms with Crippen molar-refractivity contribution in [1.82, 2.24) is 9.97 Å². The van der Waals surface area contributed by atoms with Crippen LogP contribution in [0.3, 0.4) is 0 Å². The van der Waals surface area contributed by atoms with Crippen LogP contribution in [0.2, 0.25) is 5.02 Å². The van der Waals surface area contributed by atoms with E-state index in [9.17, 15) is 4.79 Å². The first-order valence-electron chi connectivity index (χ1n) is 7.76. The Morgan fingerprint density at radius 3 is 2.78 bits per heavy atom. The number of anilines is 2. The van der Waals surface area contributed by atoms with Crippen molar-refractivity contribution in [3.8, 4) is 0 Å². The van der Waals surface area contributed by atoms with Crippen molar-refractivity contribution in [3.63, 3.8) is 0 Å². The number of carbonyl (C=O) groups excluding carboxylic acids is 1. The van der Waals surface area contributed by atoms with Crippen LogP contribution in [0.25, 0.3) is 0 Å². The van der Waals surface area contributed by atoms with Crippen molar-refractivity contribution in [2.45, 2.75) is 19.8 Å². The Labute approximate surface area is 140 Å². The molecule has 1 amide bonds. The monoisotopic (exact) mass is 330 g/mol. The van der Waals surface area contributed by atoms with E-state index >= 15 is 0 Å². The molecule has 3 rings (SSSR count). The number of carbonyl (C=O) groups is 1.